The Morgan fingerprint density at radius 2 is 1.83 bits per heavy atom. The van der Waals surface area contributed by atoms with E-state index in [9.17, 15) is 9.59 Å². The van der Waals surface area contributed by atoms with Gasteiger partial charge in [0.05, 0.1) is 0 Å². The Morgan fingerprint density at radius 3 is 2.39 bits per heavy atom. The Labute approximate surface area is 140 Å². The summed E-state index contributed by atoms with van der Waals surface area (Å²) in [4.78, 5) is 24.9. The van der Waals surface area contributed by atoms with Gasteiger partial charge in [0.1, 0.15) is 6.61 Å². The van der Waals surface area contributed by atoms with E-state index in [4.69, 9.17) is 4.74 Å². The average molecular weight is 322 g/mol. The van der Waals surface area contributed by atoms with Crippen LogP contribution in [0.25, 0.3) is 0 Å². The first-order chi connectivity index (χ1) is 10.9. The van der Waals surface area contributed by atoms with Crippen LogP contribution in [0, 0.1) is 5.92 Å². The van der Waals surface area contributed by atoms with Crippen LogP contribution in [0.3, 0.4) is 0 Å². The van der Waals surface area contributed by atoms with Gasteiger partial charge in [-0.15, -0.1) is 0 Å². The number of nitrogens with zero attached hydrogens (tertiary/aromatic N) is 1. The molecule has 0 aliphatic heterocycles. The number of nitrogens with one attached hydrogen (secondary N) is 1. The summed E-state index contributed by atoms with van der Waals surface area (Å²) in [6.07, 6.45) is 1.71. The van der Waals surface area contributed by atoms with Crippen molar-refractivity contribution in [1.82, 2.24) is 10.2 Å². The monoisotopic (exact) mass is 322 g/mol. The third-order valence-corrected chi connectivity index (χ3v) is 3.52. The van der Waals surface area contributed by atoms with E-state index >= 15 is 0 Å². The lowest BCUT2D eigenvalue weighted by molar-refractivity contribution is -0.133. The van der Waals surface area contributed by atoms with Gasteiger partial charge in [-0.2, -0.15) is 0 Å². The van der Waals surface area contributed by atoms with Crippen molar-refractivity contribution in [3.63, 3.8) is 0 Å². The summed E-state index contributed by atoms with van der Waals surface area (Å²) in [6.45, 7) is 6.95. The first kappa shape index (κ1) is 19.0. The number of alkyl carbamates (subject to hydrolysis) is 1. The maximum absolute atomic E-state index is 11.7. The lowest BCUT2D eigenvalue weighted by Gasteiger charge is -2.19. The van der Waals surface area contributed by atoms with Gasteiger partial charge in [0, 0.05) is 27.5 Å². The van der Waals surface area contributed by atoms with Crippen LogP contribution in [0.1, 0.15) is 39.7 Å². The van der Waals surface area contributed by atoms with E-state index in [0.717, 1.165) is 18.4 Å². The van der Waals surface area contributed by atoms with Crippen LogP contribution in [0.2, 0.25) is 0 Å². The van der Waals surface area contributed by atoms with Gasteiger partial charge in [0.15, 0.2) is 0 Å². The third-order valence-electron chi connectivity index (χ3n) is 3.52. The van der Waals surface area contributed by atoms with Crippen LogP contribution in [0.4, 0.5) is 4.79 Å². The molecule has 0 unspecified atom stereocenters. The number of likely N-dealkylation sites (N-methyl/N-ethyl adjacent to an activating group) is 1. The van der Waals surface area contributed by atoms with Crippen molar-refractivity contribution in [3.05, 3.63) is 35.4 Å². The molecule has 1 aromatic carbocycles. The Bertz CT molecular complexity index is 503. The van der Waals surface area contributed by atoms with Gasteiger partial charge in [-0.25, -0.2) is 4.79 Å². The quantitative estimate of drug-likeness (QED) is 0.799. The van der Waals surface area contributed by atoms with Gasteiger partial charge >= 0.3 is 6.09 Å². The van der Waals surface area contributed by atoms with E-state index in [1.807, 2.05) is 26.0 Å². The predicted molar refractivity (Wildman–Crippen MR) is 93.2 cm³/mol. The normalized spacial score (nSPS) is 10.5. The summed E-state index contributed by atoms with van der Waals surface area (Å²) >= 11 is 0. The van der Waals surface area contributed by atoms with Crippen molar-refractivity contribution >= 4 is 12.0 Å². The summed E-state index contributed by atoms with van der Waals surface area (Å²) in [6, 6.07) is 8.08. The molecular weight excluding hydrogens is 292 g/mol. The minimum Gasteiger partial charge on any atom is -0.445 e. The SMILES string of the molecule is CCCc1ccc(COC(=O)NCCN(C)C(=O)C(C)C)cc1.[HH]. The first-order valence-electron chi connectivity index (χ1n) is 8.17. The zero-order valence-electron chi connectivity index (χ0n) is 14.6. The van der Waals surface area contributed by atoms with Crippen LogP contribution in [0.5, 0.6) is 0 Å². The largest absolute Gasteiger partial charge is 0.445 e. The molecule has 0 aliphatic carbocycles. The van der Waals surface area contributed by atoms with Crippen LogP contribution in [-0.4, -0.2) is 37.0 Å². The fourth-order valence-corrected chi connectivity index (χ4v) is 2.17. The molecule has 130 valence electrons. The molecule has 1 rings (SSSR count). The third kappa shape index (κ3) is 7.17. The highest BCUT2D eigenvalue weighted by Crippen LogP contribution is 2.07. The number of hydrogen-bond acceptors (Lipinski definition) is 3. The molecule has 0 bridgehead atoms. The molecule has 5 nitrogen and oxygen atoms in total. The van der Waals surface area contributed by atoms with E-state index in [1.165, 1.54) is 5.56 Å². The minimum absolute atomic E-state index is 0. The number of amides is 2. The highest BCUT2D eigenvalue weighted by Gasteiger charge is 2.12. The van der Waals surface area contributed by atoms with Gasteiger partial charge in [-0.1, -0.05) is 51.5 Å². The molecule has 0 aromatic heterocycles. The Kier molecular flexibility index (Phi) is 8.16. The fraction of sp³-hybridized carbons (Fsp3) is 0.556. The topological polar surface area (TPSA) is 58.6 Å². The summed E-state index contributed by atoms with van der Waals surface area (Å²) in [5.41, 5.74) is 2.26. The van der Waals surface area contributed by atoms with Crippen molar-refractivity contribution in [2.45, 2.75) is 40.2 Å². The highest BCUT2D eigenvalue weighted by atomic mass is 16.5. The molecule has 1 N–H and O–H groups in total. The van der Waals surface area contributed by atoms with E-state index < -0.39 is 6.09 Å². The maximum atomic E-state index is 11.7. The van der Waals surface area contributed by atoms with Crippen molar-refractivity contribution < 1.29 is 15.8 Å². The Morgan fingerprint density at radius 1 is 1.22 bits per heavy atom. The van der Waals surface area contributed by atoms with Crippen molar-refractivity contribution in [2.75, 3.05) is 20.1 Å². The van der Waals surface area contributed by atoms with Crippen molar-refractivity contribution in [1.29, 1.82) is 0 Å². The van der Waals surface area contributed by atoms with Crippen LogP contribution >= 0.6 is 0 Å². The van der Waals surface area contributed by atoms with E-state index in [-0.39, 0.29) is 19.9 Å². The van der Waals surface area contributed by atoms with Gasteiger partial charge in [-0.3, -0.25) is 4.79 Å². The van der Waals surface area contributed by atoms with Gasteiger partial charge in [0.2, 0.25) is 5.91 Å². The van der Waals surface area contributed by atoms with Gasteiger partial charge in [-0.05, 0) is 17.5 Å². The average Bonchev–Trinajstić information content (AvgIpc) is 2.53. The molecule has 0 radical (unpaired) electrons. The highest BCUT2D eigenvalue weighted by molar-refractivity contribution is 5.77. The number of carbonyl (C=O) groups is 2. The number of ether oxygens (including phenoxy) is 1. The summed E-state index contributed by atoms with van der Waals surface area (Å²) in [5, 5.41) is 2.65. The smallest absolute Gasteiger partial charge is 0.407 e. The van der Waals surface area contributed by atoms with Crippen LogP contribution < -0.4 is 5.32 Å². The molecule has 1 aromatic rings. The maximum Gasteiger partial charge on any atom is 0.407 e. The minimum atomic E-state index is -0.465. The molecular formula is C18H30N2O3. The molecule has 0 fully saturated rings. The number of rotatable bonds is 8. The number of hydrogen-bond donors (Lipinski definition) is 1. The molecule has 0 heterocycles. The lowest BCUT2D eigenvalue weighted by atomic mass is 10.1. The standard InChI is InChI=1S/C18H28N2O3.H2/c1-5-6-15-7-9-16(10-8-15)13-23-18(22)19-11-12-20(4)17(21)14(2)3;/h7-10,14H,5-6,11-13H2,1-4H3,(H,19,22);1H. The first-order valence-corrected chi connectivity index (χ1v) is 8.17. The molecule has 0 spiro atoms. The number of carbonyl (C=O) groups excluding carboxylic acids is 2. The molecule has 0 saturated heterocycles. The van der Waals surface area contributed by atoms with E-state index in [2.05, 4.69) is 24.4 Å². The second-order valence-corrected chi connectivity index (χ2v) is 5.98. The van der Waals surface area contributed by atoms with Crippen molar-refractivity contribution in [2.24, 2.45) is 5.92 Å². The molecule has 23 heavy (non-hydrogen) atoms. The predicted octanol–water partition coefficient (Wildman–Crippen LogP) is 3.23. The van der Waals surface area contributed by atoms with Crippen LogP contribution in [0.15, 0.2) is 24.3 Å². The molecule has 5 heteroatoms. The number of aryl methyl sites for hydroxylation is 1. The molecule has 0 saturated carbocycles. The molecule has 0 aliphatic rings. The molecule has 0 atom stereocenters. The summed E-state index contributed by atoms with van der Waals surface area (Å²) in [7, 11) is 1.73. The summed E-state index contributed by atoms with van der Waals surface area (Å²) in [5.74, 6) is 0.0231. The van der Waals surface area contributed by atoms with Crippen LogP contribution in [-0.2, 0) is 22.6 Å². The van der Waals surface area contributed by atoms with Gasteiger partial charge < -0.3 is 15.0 Å². The lowest BCUT2D eigenvalue weighted by Crippen LogP contribution is -2.38. The molecule has 2 amide bonds. The Hall–Kier alpha value is -2.04. The second kappa shape index (κ2) is 9.87. The summed E-state index contributed by atoms with van der Waals surface area (Å²) < 4.78 is 5.16. The van der Waals surface area contributed by atoms with E-state index in [1.54, 1.807) is 11.9 Å². The van der Waals surface area contributed by atoms with Crippen molar-refractivity contribution in [3.8, 4) is 0 Å². The second-order valence-electron chi connectivity index (χ2n) is 5.98. The number of benzene rings is 1. The Balaban J connectivity index is 0.00000529. The van der Waals surface area contributed by atoms with Gasteiger partial charge in [0.25, 0.3) is 0 Å². The zero-order valence-corrected chi connectivity index (χ0v) is 14.6. The zero-order chi connectivity index (χ0) is 17.2. The fourth-order valence-electron chi connectivity index (χ4n) is 2.17. The van der Waals surface area contributed by atoms with E-state index in [0.29, 0.717) is 13.1 Å².